The average Bonchev–Trinajstić information content (AvgIpc) is 3.54. The van der Waals surface area contributed by atoms with Gasteiger partial charge >= 0.3 is 0 Å². The third-order valence-corrected chi connectivity index (χ3v) is 8.18. The molecular weight excluding hydrogens is 530 g/mol. The highest BCUT2D eigenvalue weighted by molar-refractivity contribution is 9.10. The van der Waals surface area contributed by atoms with Gasteiger partial charge in [0, 0.05) is 30.3 Å². The lowest BCUT2D eigenvalue weighted by Gasteiger charge is -2.16. The van der Waals surface area contributed by atoms with E-state index in [0.717, 1.165) is 21.3 Å². The van der Waals surface area contributed by atoms with Gasteiger partial charge in [-0.25, -0.2) is 4.98 Å². The fraction of sp³-hybridized carbons (Fsp3) is 0.0667. The number of aromatic nitrogens is 2. The molecule has 0 aliphatic heterocycles. The number of carbonyl (C=O) groups is 1. The number of imidazole rings is 1. The maximum absolute atomic E-state index is 13.2. The first kappa shape index (κ1) is 22.7. The molecule has 36 heavy (non-hydrogen) atoms. The normalized spacial score (nSPS) is 12.2. The van der Waals surface area contributed by atoms with E-state index in [2.05, 4.69) is 80.8 Å². The summed E-state index contributed by atoms with van der Waals surface area (Å²) in [7, 11) is 0. The van der Waals surface area contributed by atoms with Crippen LogP contribution in [0.25, 0.3) is 37.0 Å². The van der Waals surface area contributed by atoms with Crippen molar-refractivity contribution in [2.75, 3.05) is 0 Å². The van der Waals surface area contributed by atoms with Crippen molar-refractivity contribution in [1.29, 1.82) is 0 Å². The highest BCUT2D eigenvalue weighted by Crippen LogP contribution is 2.40. The lowest BCUT2D eigenvalue weighted by atomic mass is 10.0. The predicted molar refractivity (Wildman–Crippen MR) is 152 cm³/mol. The van der Waals surface area contributed by atoms with E-state index < -0.39 is 0 Å². The van der Waals surface area contributed by atoms with Crippen molar-refractivity contribution >= 4 is 53.3 Å². The van der Waals surface area contributed by atoms with Crippen LogP contribution < -0.4 is 5.32 Å². The van der Waals surface area contributed by atoms with Gasteiger partial charge in [0.05, 0.1) is 18.6 Å². The van der Waals surface area contributed by atoms with Gasteiger partial charge in [0.1, 0.15) is 5.69 Å². The summed E-state index contributed by atoms with van der Waals surface area (Å²) in [5, 5.41) is 5.65. The van der Waals surface area contributed by atoms with Gasteiger partial charge in [0.25, 0.3) is 5.91 Å². The Bertz CT molecular complexity index is 1720. The molecule has 6 aromatic rings. The minimum atomic E-state index is -0.167. The molecule has 0 unspecified atom stereocenters. The van der Waals surface area contributed by atoms with Gasteiger partial charge in [0.15, 0.2) is 0 Å². The van der Waals surface area contributed by atoms with E-state index in [1.54, 1.807) is 12.5 Å². The van der Waals surface area contributed by atoms with Crippen molar-refractivity contribution in [2.45, 2.75) is 13.0 Å². The molecule has 6 rings (SSSR count). The van der Waals surface area contributed by atoms with Gasteiger partial charge in [-0.1, -0.05) is 76.6 Å². The Balaban J connectivity index is 1.34. The molecule has 0 radical (unpaired) electrons. The third-order valence-electron chi connectivity index (χ3n) is 6.43. The first-order chi connectivity index (χ1) is 17.6. The molecule has 2 heterocycles. The number of carbonyl (C=O) groups excluding carboxylic acids is 1. The number of hydrogen-bond donors (Lipinski definition) is 1. The second-order valence-corrected chi connectivity index (χ2v) is 10.7. The van der Waals surface area contributed by atoms with Crippen LogP contribution >= 0.6 is 27.3 Å². The monoisotopic (exact) mass is 551 g/mol. The maximum Gasteiger partial charge on any atom is 0.270 e. The molecule has 0 bridgehead atoms. The fourth-order valence-electron chi connectivity index (χ4n) is 4.57. The van der Waals surface area contributed by atoms with Gasteiger partial charge < -0.3 is 5.32 Å². The molecule has 0 saturated heterocycles. The molecule has 1 N–H and O–H groups in total. The van der Waals surface area contributed by atoms with E-state index in [0.29, 0.717) is 5.69 Å². The molecule has 0 fully saturated rings. The quantitative estimate of drug-likeness (QED) is 0.235. The molecular formula is C30H22BrN3OS. The summed E-state index contributed by atoms with van der Waals surface area (Å²) in [5.74, 6) is -0.167. The van der Waals surface area contributed by atoms with Crippen LogP contribution in [0.15, 0.2) is 108 Å². The second-order valence-electron chi connectivity index (χ2n) is 8.73. The Labute approximate surface area is 221 Å². The summed E-state index contributed by atoms with van der Waals surface area (Å²) < 4.78 is 5.40. The summed E-state index contributed by atoms with van der Waals surface area (Å²) in [4.78, 5) is 17.5. The molecule has 1 amide bonds. The standard InChI is InChI=1S/C30H22BrN3OS/c1-19(20-12-14-22(31)15-13-20)33-30(35)27-17-32-18-34(27)23-7-4-6-21(16-23)24-9-5-10-26-25-8-2-3-11-28(25)36-29(24)26/h2-19H,1H3,(H,33,35)/t19-/m1/s1. The minimum Gasteiger partial charge on any atom is -0.344 e. The number of amides is 1. The minimum absolute atomic E-state index is 0.133. The molecule has 0 aliphatic carbocycles. The number of benzene rings is 4. The van der Waals surface area contributed by atoms with Crippen molar-refractivity contribution in [3.05, 3.63) is 119 Å². The number of hydrogen-bond acceptors (Lipinski definition) is 3. The van der Waals surface area contributed by atoms with E-state index in [1.807, 2.05) is 59.2 Å². The first-order valence-electron chi connectivity index (χ1n) is 11.7. The van der Waals surface area contributed by atoms with E-state index >= 15 is 0 Å². The van der Waals surface area contributed by atoms with Crippen molar-refractivity contribution in [2.24, 2.45) is 0 Å². The molecule has 4 nitrogen and oxygen atoms in total. The van der Waals surface area contributed by atoms with Gasteiger partial charge in [0.2, 0.25) is 0 Å². The van der Waals surface area contributed by atoms with Crippen LogP contribution in [0.2, 0.25) is 0 Å². The molecule has 6 heteroatoms. The van der Waals surface area contributed by atoms with Crippen molar-refractivity contribution in [1.82, 2.24) is 14.9 Å². The van der Waals surface area contributed by atoms with Crippen LogP contribution in [0.1, 0.15) is 29.0 Å². The lowest BCUT2D eigenvalue weighted by Crippen LogP contribution is -2.28. The van der Waals surface area contributed by atoms with Gasteiger partial charge in [-0.3, -0.25) is 9.36 Å². The summed E-state index contributed by atoms with van der Waals surface area (Å²) in [6, 6.07) is 31.1. The molecule has 176 valence electrons. The van der Waals surface area contributed by atoms with Crippen molar-refractivity contribution in [3.8, 4) is 16.8 Å². The third kappa shape index (κ3) is 4.12. The Morgan fingerprint density at radius 1 is 0.944 bits per heavy atom. The molecule has 0 saturated carbocycles. The zero-order chi connectivity index (χ0) is 24.6. The van der Waals surface area contributed by atoms with Crippen LogP contribution in [0, 0.1) is 0 Å². The average molecular weight is 552 g/mol. The van der Waals surface area contributed by atoms with E-state index in [4.69, 9.17) is 0 Å². The summed E-state index contributed by atoms with van der Waals surface area (Å²) in [6.45, 7) is 1.98. The zero-order valence-electron chi connectivity index (χ0n) is 19.5. The van der Waals surface area contributed by atoms with Gasteiger partial charge in [-0.05, 0) is 53.9 Å². The molecule has 0 aliphatic rings. The van der Waals surface area contributed by atoms with Gasteiger partial charge in [-0.2, -0.15) is 0 Å². The van der Waals surface area contributed by atoms with Crippen LogP contribution in [0.5, 0.6) is 0 Å². The number of rotatable bonds is 5. The summed E-state index contributed by atoms with van der Waals surface area (Å²) in [6.07, 6.45) is 3.31. The molecule has 0 spiro atoms. The Kier molecular flexibility index (Phi) is 5.91. The lowest BCUT2D eigenvalue weighted by molar-refractivity contribution is 0.0933. The largest absolute Gasteiger partial charge is 0.344 e. The Morgan fingerprint density at radius 3 is 2.58 bits per heavy atom. The van der Waals surface area contributed by atoms with E-state index in [1.165, 1.54) is 25.7 Å². The topological polar surface area (TPSA) is 46.9 Å². The highest BCUT2D eigenvalue weighted by Gasteiger charge is 2.17. The fourth-order valence-corrected chi connectivity index (χ4v) is 6.07. The van der Waals surface area contributed by atoms with Crippen molar-refractivity contribution in [3.63, 3.8) is 0 Å². The van der Waals surface area contributed by atoms with E-state index in [-0.39, 0.29) is 11.9 Å². The molecule has 4 aromatic carbocycles. The smallest absolute Gasteiger partial charge is 0.270 e. The number of thiophene rings is 1. The number of halogens is 1. The molecule has 2 aromatic heterocycles. The first-order valence-corrected chi connectivity index (χ1v) is 13.3. The van der Waals surface area contributed by atoms with Crippen LogP contribution in [-0.2, 0) is 0 Å². The number of nitrogens with zero attached hydrogens (tertiary/aromatic N) is 2. The van der Waals surface area contributed by atoms with Crippen LogP contribution in [-0.4, -0.2) is 15.5 Å². The maximum atomic E-state index is 13.2. The number of nitrogens with one attached hydrogen (secondary N) is 1. The second kappa shape index (κ2) is 9.37. The predicted octanol–water partition coefficient (Wildman–Crippen LogP) is 8.16. The van der Waals surface area contributed by atoms with Crippen LogP contribution in [0.4, 0.5) is 0 Å². The SMILES string of the molecule is C[C@@H](NC(=O)c1cncn1-c1cccc(-c2cccc3c2sc2ccccc23)c1)c1ccc(Br)cc1. The van der Waals surface area contributed by atoms with Crippen molar-refractivity contribution < 1.29 is 4.79 Å². The summed E-state index contributed by atoms with van der Waals surface area (Å²) in [5.41, 5.74) is 4.72. The Morgan fingerprint density at radius 2 is 1.72 bits per heavy atom. The van der Waals surface area contributed by atoms with E-state index in [9.17, 15) is 4.79 Å². The molecule has 1 atom stereocenters. The Hall–Kier alpha value is -3.74. The summed E-state index contributed by atoms with van der Waals surface area (Å²) >= 11 is 5.27. The number of fused-ring (bicyclic) bond motifs is 3. The van der Waals surface area contributed by atoms with Gasteiger partial charge in [-0.15, -0.1) is 11.3 Å². The highest BCUT2D eigenvalue weighted by atomic mass is 79.9. The van der Waals surface area contributed by atoms with Crippen LogP contribution in [0.3, 0.4) is 0 Å². The zero-order valence-corrected chi connectivity index (χ0v) is 21.9.